The molecule has 0 bridgehead atoms. The van der Waals surface area contributed by atoms with Gasteiger partial charge in [-0.3, -0.25) is 4.79 Å². The van der Waals surface area contributed by atoms with E-state index >= 15 is 0 Å². The van der Waals surface area contributed by atoms with Crippen LogP contribution in [0, 0.1) is 0 Å². The van der Waals surface area contributed by atoms with Gasteiger partial charge in [0.2, 0.25) is 0 Å². The van der Waals surface area contributed by atoms with Crippen LogP contribution in [0.3, 0.4) is 0 Å². The Morgan fingerprint density at radius 1 is 1.11 bits per heavy atom. The van der Waals surface area contributed by atoms with Gasteiger partial charge in [0.25, 0.3) is 0 Å². The van der Waals surface area contributed by atoms with Gasteiger partial charge in [-0.2, -0.15) is 0 Å². The van der Waals surface area contributed by atoms with E-state index in [1.807, 2.05) is 36.4 Å². The van der Waals surface area contributed by atoms with Crippen LogP contribution in [0.25, 0.3) is 11.1 Å². The van der Waals surface area contributed by atoms with E-state index in [4.69, 9.17) is 0 Å². The fourth-order valence-corrected chi connectivity index (χ4v) is 2.58. The lowest BCUT2D eigenvalue weighted by Gasteiger charge is -2.24. The van der Waals surface area contributed by atoms with Crippen LogP contribution in [0.1, 0.15) is 17.2 Å². The number of aliphatic carboxylic acids is 1. The highest BCUT2D eigenvalue weighted by Crippen LogP contribution is 2.28. The molecular formula is C16H15NO2. The van der Waals surface area contributed by atoms with Crippen LogP contribution in [0.5, 0.6) is 0 Å². The topological polar surface area (TPSA) is 49.3 Å². The van der Waals surface area contributed by atoms with Gasteiger partial charge in [0.1, 0.15) is 6.04 Å². The molecule has 2 aromatic carbocycles. The molecular weight excluding hydrogens is 238 g/mol. The largest absolute Gasteiger partial charge is 0.480 e. The van der Waals surface area contributed by atoms with Gasteiger partial charge in [0.15, 0.2) is 0 Å². The summed E-state index contributed by atoms with van der Waals surface area (Å²) < 4.78 is 0. The molecule has 1 aliphatic rings. The van der Waals surface area contributed by atoms with Crippen molar-refractivity contribution in [1.29, 1.82) is 0 Å². The summed E-state index contributed by atoms with van der Waals surface area (Å²) in [7, 11) is 0. The second-order valence-electron chi connectivity index (χ2n) is 4.75. The van der Waals surface area contributed by atoms with E-state index in [0.29, 0.717) is 6.54 Å². The highest BCUT2D eigenvalue weighted by Gasteiger charge is 2.25. The molecule has 19 heavy (non-hydrogen) atoms. The van der Waals surface area contributed by atoms with Crippen LogP contribution in [0.15, 0.2) is 48.5 Å². The summed E-state index contributed by atoms with van der Waals surface area (Å²) >= 11 is 0. The second-order valence-corrected chi connectivity index (χ2v) is 4.75. The standard InChI is InChI=1S/C16H15NO2/c18-16(19)15-14-10-13(11-4-2-1-3-5-11)7-6-12(14)8-9-17-15/h1-7,10,15,17H,8-9H2,(H,18,19). The van der Waals surface area contributed by atoms with Gasteiger partial charge in [0.05, 0.1) is 0 Å². The molecule has 0 aromatic heterocycles. The quantitative estimate of drug-likeness (QED) is 0.865. The van der Waals surface area contributed by atoms with Gasteiger partial charge in [-0.1, -0.05) is 42.5 Å². The van der Waals surface area contributed by atoms with Crippen LogP contribution in [0.4, 0.5) is 0 Å². The number of carboxylic acids is 1. The summed E-state index contributed by atoms with van der Waals surface area (Å²) in [5.74, 6) is -0.814. The Bertz CT molecular complexity index is 607. The average Bonchev–Trinajstić information content (AvgIpc) is 2.47. The number of benzene rings is 2. The number of rotatable bonds is 2. The molecule has 3 rings (SSSR count). The SMILES string of the molecule is O=C(O)C1NCCc2ccc(-c3ccccc3)cc21. The van der Waals surface area contributed by atoms with E-state index in [9.17, 15) is 9.90 Å². The monoisotopic (exact) mass is 253 g/mol. The number of hydrogen-bond donors (Lipinski definition) is 2. The first kappa shape index (κ1) is 11.9. The molecule has 0 fully saturated rings. The summed E-state index contributed by atoms with van der Waals surface area (Å²) in [4.78, 5) is 11.3. The molecule has 1 unspecified atom stereocenters. The molecule has 1 aliphatic heterocycles. The minimum Gasteiger partial charge on any atom is -0.480 e. The zero-order chi connectivity index (χ0) is 13.2. The molecule has 0 saturated heterocycles. The van der Waals surface area contributed by atoms with Crippen LogP contribution in [0.2, 0.25) is 0 Å². The van der Waals surface area contributed by atoms with Crippen LogP contribution >= 0.6 is 0 Å². The molecule has 3 heteroatoms. The smallest absolute Gasteiger partial charge is 0.325 e. The van der Waals surface area contributed by atoms with Gasteiger partial charge < -0.3 is 10.4 Å². The van der Waals surface area contributed by atoms with Gasteiger partial charge in [-0.05, 0) is 34.7 Å². The van der Waals surface area contributed by atoms with Crippen molar-refractivity contribution in [3.63, 3.8) is 0 Å². The summed E-state index contributed by atoms with van der Waals surface area (Å²) in [5.41, 5.74) is 4.19. The number of fused-ring (bicyclic) bond motifs is 1. The fourth-order valence-electron chi connectivity index (χ4n) is 2.58. The predicted octanol–water partition coefficient (Wildman–Crippen LogP) is 2.63. The highest BCUT2D eigenvalue weighted by atomic mass is 16.4. The fraction of sp³-hybridized carbons (Fsp3) is 0.188. The third kappa shape index (κ3) is 2.25. The van der Waals surface area contributed by atoms with Gasteiger partial charge in [0, 0.05) is 6.54 Å². The molecule has 1 atom stereocenters. The van der Waals surface area contributed by atoms with Gasteiger partial charge in [-0.25, -0.2) is 0 Å². The van der Waals surface area contributed by atoms with Crippen molar-refractivity contribution in [3.8, 4) is 11.1 Å². The maximum Gasteiger partial charge on any atom is 0.325 e. The maximum absolute atomic E-state index is 11.3. The lowest BCUT2D eigenvalue weighted by molar-refractivity contribution is -0.139. The van der Waals surface area contributed by atoms with Crippen molar-refractivity contribution in [2.75, 3.05) is 6.54 Å². The van der Waals surface area contributed by atoms with Gasteiger partial charge in [-0.15, -0.1) is 0 Å². The minimum atomic E-state index is -0.814. The third-order valence-electron chi connectivity index (χ3n) is 3.55. The summed E-state index contributed by atoms with van der Waals surface area (Å²) in [5, 5.41) is 12.3. The molecule has 3 nitrogen and oxygen atoms in total. The second kappa shape index (κ2) is 4.86. The Balaban J connectivity index is 2.07. The lowest BCUT2D eigenvalue weighted by Crippen LogP contribution is -2.35. The Labute approximate surface area is 111 Å². The third-order valence-corrected chi connectivity index (χ3v) is 3.55. The molecule has 0 radical (unpaired) electrons. The first-order valence-electron chi connectivity index (χ1n) is 6.40. The first-order valence-corrected chi connectivity index (χ1v) is 6.40. The molecule has 0 amide bonds. The zero-order valence-corrected chi connectivity index (χ0v) is 10.5. The normalized spacial score (nSPS) is 17.8. The van der Waals surface area contributed by atoms with E-state index in [0.717, 1.165) is 28.7 Å². The Morgan fingerprint density at radius 2 is 1.89 bits per heavy atom. The molecule has 2 aromatic rings. The summed E-state index contributed by atoms with van der Waals surface area (Å²) in [6, 6.07) is 15.5. The minimum absolute atomic E-state index is 0.590. The highest BCUT2D eigenvalue weighted by molar-refractivity contribution is 5.78. The van der Waals surface area contributed by atoms with E-state index in [2.05, 4.69) is 17.4 Å². The van der Waals surface area contributed by atoms with Crippen molar-refractivity contribution < 1.29 is 9.90 Å². The van der Waals surface area contributed by atoms with Crippen LogP contribution in [-0.2, 0) is 11.2 Å². The number of carbonyl (C=O) groups is 1. The molecule has 0 aliphatic carbocycles. The number of carboxylic acid groups (broad SMARTS) is 1. The van der Waals surface area contributed by atoms with Gasteiger partial charge >= 0.3 is 5.97 Å². The zero-order valence-electron chi connectivity index (χ0n) is 10.5. The maximum atomic E-state index is 11.3. The van der Waals surface area contributed by atoms with E-state index < -0.39 is 12.0 Å². The number of nitrogens with one attached hydrogen (secondary N) is 1. The van der Waals surface area contributed by atoms with Crippen molar-refractivity contribution in [2.24, 2.45) is 0 Å². The molecule has 2 N–H and O–H groups in total. The van der Waals surface area contributed by atoms with E-state index in [1.165, 1.54) is 0 Å². The van der Waals surface area contributed by atoms with Crippen molar-refractivity contribution in [3.05, 3.63) is 59.7 Å². The number of hydrogen-bond acceptors (Lipinski definition) is 2. The van der Waals surface area contributed by atoms with E-state index in [-0.39, 0.29) is 0 Å². The molecule has 1 heterocycles. The molecule has 96 valence electrons. The molecule has 0 saturated carbocycles. The van der Waals surface area contributed by atoms with Crippen LogP contribution in [-0.4, -0.2) is 17.6 Å². The lowest BCUT2D eigenvalue weighted by atomic mass is 9.91. The van der Waals surface area contributed by atoms with E-state index in [1.54, 1.807) is 0 Å². The first-order chi connectivity index (χ1) is 9.25. The molecule has 0 spiro atoms. The Morgan fingerprint density at radius 3 is 2.63 bits per heavy atom. The van der Waals surface area contributed by atoms with Crippen molar-refractivity contribution in [1.82, 2.24) is 5.32 Å². The Kier molecular flexibility index (Phi) is 3.05. The average molecular weight is 253 g/mol. The predicted molar refractivity (Wildman–Crippen MR) is 74.0 cm³/mol. The summed E-state index contributed by atoms with van der Waals surface area (Å²) in [6.45, 7) is 0.717. The van der Waals surface area contributed by atoms with Crippen molar-refractivity contribution >= 4 is 5.97 Å². The Hall–Kier alpha value is -2.13. The summed E-state index contributed by atoms with van der Waals surface area (Å²) in [6.07, 6.45) is 0.883. The van der Waals surface area contributed by atoms with Crippen LogP contribution < -0.4 is 5.32 Å². The van der Waals surface area contributed by atoms with Crippen molar-refractivity contribution in [2.45, 2.75) is 12.5 Å².